The van der Waals surface area contributed by atoms with Crippen LogP contribution in [0.15, 0.2) is 18.2 Å². The van der Waals surface area contributed by atoms with Gasteiger partial charge in [0.15, 0.2) is 0 Å². The van der Waals surface area contributed by atoms with E-state index in [-0.39, 0.29) is 17.9 Å². The van der Waals surface area contributed by atoms with Gasteiger partial charge in [-0.05, 0) is 30.4 Å². The van der Waals surface area contributed by atoms with Crippen molar-refractivity contribution in [3.8, 4) is 5.75 Å². The van der Waals surface area contributed by atoms with Gasteiger partial charge in [0, 0.05) is 11.5 Å². The molecule has 19 heavy (non-hydrogen) atoms. The second kappa shape index (κ2) is 5.55. The molecule has 1 atom stereocenters. The first-order valence-corrected chi connectivity index (χ1v) is 6.20. The molecule has 0 bridgehead atoms. The van der Waals surface area contributed by atoms with Crippen LogP contribution in [0.25, 0.3) is 0 Å². The zero-order valence-electron chi connectivity index (χ0n) is 10.6. The van der Waals surface area contributed by atoms with Gasteiger partial charge in [0.1, 0.15) is 5.75 Å². The predicted octanol–water partition coefficient (Wildman–Crippen LogP) is 3.60. The molecule has 0 radical (unpaired) electrons. The predicted molar refractivity (Wildman–Crippen MR) is 65.7 cm³/mol. The van der Waals surface area contributed by atoms with E-state index in [1.54, 1.807) is 6.07 Å². The highest BCUT2D eigenvalue weighted by atomic mass is 19.3. The number of carboxylic acids is 1. The third-order valence-corrected chi connectivity index (χ3v) is 3.49. The van der Waals surface area contributed by atoms with Crippen LogP contribution >= 0.6 is 0 Å². The summed E-state index contributed by atoms with van der Waals surface area (Å²) in [6.07, 6.45) is -0.577. The van der Waals surface area contributed by atoms with E-state index < -0.39 is 12.4 Å². The topological polar surface area (TPSA) is 46.5 Å². The monoisotopic (exact) mass is 270 g/mol. The molecule has 0 aromatic heterocycles. The Labute approximate surface area is 110 Å². The Hall–Kier alpha value is -1.65. The smallest absolute Gasteiger partial charge is 0.303 e. The number of methoxy groups -OCH3 is 1. The zero-order valence-corrected chi connectivity index (χ0v) is 10.6. The molecule has 1 aromatic rings. The van der Waals surface area contributed by atoms with Crippen LogP contribution in [0.1, 0.15) is 42.7 Å². The van der Waals surface area contributed by atoms with Crippen molar-refractivity contribution in [2.24, 2.45) is 5.92 Å². The lowest BCUT2D eigenvalue weighted by atomic mass is 9.89. The summed E-state index contributed by atoms with van der Waals surface area (Å²) in [7, 11) is 1.42. The molecule has 2 rings (SSSR count). The van der Waals surface area contributed by atoms with Crippen molar-refractivity contribution in [3.05, 3.63) is 29.3 Å². The van der Waals surface area contributed by atoms with Gasteiger partial charge in [-0.25, -0.2) is 8.78 Å². The average Bonchev–Trinajstić information content (AvgIpc) is 3.19. The first-order valence-electron chi connectivity index (χ1n) is 6.20. The van der Waals surface area contributed by atoms with Crippen LogP contribution in [0.4, 0.5) is 8.78 Å². The van der Waals surface area contributed by atoms with Crippen LogP contribution in [0.5, 0.6) is 5.75 Å². The Bertz CT molecular complexity index is 470. The Morgan fingerprint density at radius 1 is 1.47 bits per heavy atom. The number of carboxylic acid groups (broad SMARTS) is 1. The van der Waals surface area contributed by atoms with Gasteiger partial charge in [0.2, 0.25) is 0 Å². The highest BCUT2D eigenvalue weighted by molar-refractivity contribution is 5.68. The Morgan fingerprint density at radius 3 is 2.63 bits per heavy atom. The number of benzene rings is 1. The lowest BCUT2D eigenvalue weighted by Gasteiger charge is -2.18. The number of hydrogen-bond acceptors (Lipinski definition) is 2. The molecule has 1 fully saturated rings. The maximum atomic E-state index is 12.6. The minimum Gasteiger partial charge on any atom is -0.496 e. The summed E-state index contributed by atoms with van der Waals surface area (Å²) in [5.74, 6) is -0.352. The third-order valence-electron chi connectivity index (χ3n) is 3.49. The van der Waals surface area contributed by atoms with Crippen LogP contribution in [-0.4, -0.2) is 18.2 Å². The number of hydrogen-bond donors (Lipinski definition) is 1. The summed E-state index contributed by atoms with van der Waals surface area (Å²) in [6, 6.07) is 4.23. The van der Waals surface area contributed by atoms with Gasteiger partial charge >= 0.3 is 5.97 Å². The fraction of sp³-hybridized carbons (Fsp3) is 0.500. The molecule has 0 saturated heterocycles. The summed E-state index contributed by atoms with van der Waals surface area (Å²) in [4.78, 5) is 10.9. The van der Waals surface area contributed by atoms with Crippen molar-refractivity contribution in [2.75, 3.05) is 7.11 Å². The van der Waals surface area contributed by atoms with Crippen molar-refractivity contribution in [1.29, 1.82) is 0 Å². The summed E-state index contributed by atoms with van der Waals surface area (Å²) in [5.41, 5.74) is 0.613. The molecule has 0 amide bonds. The van der Waals surface area contributed by atoms with Crippen LogP contribution in [-0.2, 0) is 4.79 Å². The Morgan fingerprint density at radius 2 is 2.16 bits per heavy atom. The van der Waals surface area contributed by atoms with Gasteiger partial charge in [-0.3, -0.25) is 4.79 Å². The van der Waals surface area contributed by atoms with Gasteiger partial charge in [0.25, 0.3) is 6.43 Å². The number of aliphatic carboxylic acids is 1. The van der Waals surface area contributed by atoms with Gasteiger partial charge in [-0.1, -0.05) is 12.1 Å². The largest absolute Gasteiger partial charge is 0.496 e. The highest BCUT2D eigenvalue weighted by Crippen LogP contribution is 2.47. The van der Waals surface area contributed by atoms with E-state index in [4.69, 9.17) is 9.84 Å². The first-order chi connectivity index (χ1) is 9.02. The summed E-state index contributed by atoms with van der Waals surface area (Å²) < 4.78 is 30.4. The van der Waals surface area contributed by atoms with Gasteiger partial charge < -0.3 is 9.84 Å². The summed E-state index contributed by atoms with van der Waals surface area (Å²) in [5, 5.41) is 8.97. The first kappa shape index (κ1) is 13.8. The minimum absolute atomic E-state index is 0.00898. The molecule has 1 aromatic carbocycles. The highest BCUT2D eigenvalue weighted by Gasteiger charge is 2.35. The molecule has 0 heterocycles. The van der Waals surface area contributed by atoms with Gasteiger partial charge in [0.05, 0.1) is 13.5 Å². The van der Waals surface area contributed by atoms with Crippen molar-refractivity contribution >= 4 is 5.97 Å². The molecule has 0 spiro atoms. The molecule has 1 aliphatic rings. The molecule has 5 heteroatoms. The molecule has 1 unspecified atom stereocenters. The van der Waals surface area contributed by atoms with E-state index in [1.165, 1.54) is 19.2 Å². The standard InChI is InChI=1S/C14H16F2O3/c1-19-12-6-9(14(15)16)4-5-10(12)11(7-13(17)18)8-2-3-8/h4-6,8,11,14H,2-3,7H2,1H3,(H,17,18). The third kappa shape index (κ3) is 3.22. The lowest BCUT2D eigenvalue weighted by Crippen LogP contribution is -2.10. The SMILES string of the molecule is COc1cc(C(F)F)ccc1C(CC(=O)O)C1CC1. The molecular formula is C14H16F2O3. The van der Waals surface area contributed by atoms with E-state index >= 15 is 0 Å². The maximum absolute atomic E-state index is 12.6. The average molecular weight is 270 g/mol. The number of rotatable bonds is 6. The van der Waals surface area contributed by atoms with E-state index in [1.807, 2.05) is 0 Å². The molecule has 3 nitrogen and oxygen atoms in total. The van der Waals surface area contributed by atoms with E-state index in [2.05, 4.69) is 0 Å². The minimum atomic E-state index is -2.55. The summed E-state index contributed by atoms with van der Waals surface area (Å²) >= 11 is 0. The van der Waals surface area contributed by atoms with Crippen molar-refractivity contribution in [3.63, 3.8) is 0 Å². The lowest BCUT2D eigenvalue weighted by molar-refractivity contribution is -0.137. The number of alkyl halides is 2. The molecule has 1 N–H and O–H groups in total. The van der Waals surface area contributed by atoms with Gasteiger partial charge in [-0.15, -0.1) is 0 Å². The zero-order chi connectivity index (χ0) is 14.0. The van der Waals surface area contributed by atoms with E-state index in [0.717, 1.165) is 18.4 Å². The van der Waals surface area contributed by atoms with Crippen molar-refractivity contribution in [2.45, 2.75) is 31.6 Å². The van der Waals surface area contributed by atoms with E-state index in [0.29, 0.717) is 11.7 Å². The second-order valence-electron chi connectivity index (χ2n) is 4.84. The van der Waals surface area contributed by atoms with E-state index in [9.17, 15) is 13.6 Å². The molecule has 104 valence electrons. The van der Waals surface area contributed by atoms with Crippen molar-refractivity contribution < 1.29 is 23.4 Å². The Balaban J connectivity index is 2.33. The van der Waals surface area contributed by atoms with Crippen LogP contribution in [0.2, 0.25) is 0 Å². The second-order valence-corrected chi connectivity index (χ2v) is 4.84. The molecule has 1 saturated carbocycles. The van der Waals surface area contributed by atoms with Crippen LogP contribution in [0, 0.1) is 5.92 Å². The number of ether oxygens (including phenoxy) is 1. The maximum Gasteiger partial charge on any atom is 0.303 e. The Kier molecular flexibility index (Phi) is 4.02. The van der Waals surface area contributed by atoms with Crippen molar-refractivity contribution in [1.82, 2.24) is 0 Å². The van der Waals surface area contributed by atoms with Gasteiger partial charge in [-0.2, -0.15) is 0 Å². The number of carbonyl (C=O) groups is 1. The summed E-state index contributed by atoms with van der Waals surface area (Å²) in [6.45, 7) is 0. The quantitative estimate of drug-likeness (QED) is 0.859. The molecule has 0 aliphatic heterocycles. The molecular weight excluding hydrogens is 254 g/mol. The molecule has 1 aliphatic carbocycles. The number of halogens is 2. The fourth-order valence-corrected chi connectivity index (χ4v) is 2.39. The fourth-order valence-electron chi connectivity index (χ4n) is 2.39. The van der Waals surface area contributed by atoms with Crippen LogP contribution in [0.3, 0.4) is 0 Å². The van der Waals surface area contributed by atoms with Crippen LogP contribution < -0.4 is 4.74 Å². The normalized spacial score (nSPS) is 16.4.